The van der Waals surface area contributed by atoms with Gasteiger partial charge in [0, 0.05) is 30.7 Å². The molecule has 2 rings (SSSR count). The molecule has 0 amide bonds. The second-order valence-corrected chi connectivity index (χ2v) is 5.33. The lowest BCUT2D eigenvalue weighted by atomic mass is 10.2. The first-order valence-corrected chi connectivity index (χ1v) is 6.75. The standard InChI is InChI=1S/C11H20N4S/c1-4-12-11-10(13-14-16-11)7-15(3)8(2)9-5-6-9/h8-9,12H,4-7H2,1-3H3. The van der Waals surface area contributed by atoms with Crippen molar-refractivity contribution in [1.29, 1.82) is 0 Å². The zero-order chi connectivity index (χ0) is 11.5. The van der Waals surface area contributed by atoms with Crippen LogP contribution in [-0.2, 0) is 6.54 Å². The molecule has 1 atom stereocenters. The Kier molecular flexibility index (Phi) is 3.76. The van der Waals surface area contributed by atoms with Crippen molar-refractivity contribution in [1.82, 2.24) is 14.5 Å². The van der Waals surface area contributed by atoms with Crippen LogP contribution in [0.25, 0.3) is 0 Å². The summed E-state index contributed by atoms with van der Waals surface area (Å²) in [5.41, 5.74) is 1.09. The van der Waals surface area contributed by atoms with Crippen molar-refractivity contribution >= 4 is 16.5 Å². The van der Waals surface area contributed by atoms with Crippen LogP contribution in [0.3, 0.4) is 0 Å². The van der Waals surface area contributed by atoms with E-state index in [2.05, 4.69) is 40.7 Å². The average molecular weight is 240 g/mol. The summed E-state index contributed by atoms with van der Waals surface area (Å²) < 4.78 is 4.02. The summed E-state index contributed by atoms with van der Waals surface area (Å²) in [7, 11) is 2.18. The van der Waals surface area contributed by atoms with Crippen molar-refractivity contribution in [3.8, 4) is 0 Å². The Labute approximate surface area is 101 Å². The molecule has 1 aromatic heterocycles. The Bertz CT molecular complexity index is 334. The Balaban J connectivity index is 1.93. The van der Waals surface area contributed by atoms with Gasteiger partial charge in [0.2, 0.25) is 0 Å². The third-order valence-electron chi connectivity index (χ3n) is 3.29. The summed E-state index contributed by atoms with van der Waals surface area (Å²) in [6.07, 6.45) is 2.78. The molecular formula is C11H20N4S. The molecule has 5 heteroatoms. The van der Waals surface area contributed by atoms with Crippen molar-refractivity contribution < 1.29 is 0 Å². The molecule has 1 N–H and O–H groups in total. The van der Waals surface area contributed by atoms with Crippen LogP contribution in [0.15, 0.2) is 0 Å². The molecule has 0 aromatic carbocycles. The van der Waals surface area contributed by atoms with Crippen molar-refractivity contribution in [2.75, 3.05) is 18.9 Å². The van der Waals surface area contributed by atoms with Gasteiger partial charge in [-0.25, -0.2) is 0 Å². The molecule has 0 spiro atoms. The van der Waals surface area contributed by atoms with Gasteiger partial charge in [-0.15, -0.1) is 5.10 Å². The molecule has 0 saturated heterocycles. The molecule has 0 bridgehead atoms. The van der Waals surface area contributed by atoms with Gasteiger partial charge in [-0.05, 0) is 39.7 Å². The average Bonchev–Trinajstić information content (AvgIpc) is 3.03. The number of anilines is 1. The molecule has 1 saturated carbocycles. The number of nitrogens with zero attached hydrogens (tertiary/aromatic N) is 3. The molecule has 4 nitrogen and oxygen atoms in total. The van der Waals surface area contributed by atoms with Gasteiger partial charge in [0.1, 0.15) is 10.7 Å². The number of nitrogens with one attached hydrogen (secondary N) is 1. The summed E-state index contributed by atoms with van der Waals surface area (Å²) >= 11 is 1.45. The Hall–Kier alpha value is -0.680. The van der Waals surface area contributed by atoms with Gasteiger partial charge in [0.05, 0.1) is 0 Å². The fourth-order valence-electron chi connectivity index (χ4n) is 1.93. The number of aromatic nitrogens is 2. The van der Waals surface area contributed by atoms with Gasteiger partial charge in [0.15, 0.2) is 0 Å². The molecule has 0 radical (unpaired) electrons. The van der Waals surface area contributed by atoms with Crippen LogP contribution in [0.5, 0.6) is 0 Å². The first-order valence-electron chi connectivity index (χ1n) is 5.97. The van der Waals surface area contributed by atoms with Gasteiger partial charge >= 0.3 is 0 Å². The highest BCUT2D eigenvalue weighted by Gasteiger charge is 2.30. The molecule has 1 aliphatic carbocycles. The van der Waals surface area contributed by atoms with Gasteiger partial charge in [-0.2, -0.15) is 0 Å². The maximum Gasteiger partial charge on any atom is 0.134 e. The van der Waals surface area contributed by atoms with E-state index in [1.807, 2.05) is 0 Å². The van der Waals surface area contributed by atoms with Crippen LogP contribution in [0.2, 0.25) is 0 Å². The van der Waals surface area contributed by atoms with E-state index >= 15 is 0 Å². The number of hydrogen-bond acceptors (Lipinski definition) is 5. The van der Waals surface area contributed by atoms with Gasteiger partial charge < -0.3 is 5.32 Å². The molecule has 1 aromatic rings. The van der Waals surface area contributed by atoms with Crippen molar-refractivity contribution in [3.63, 3.8) is 0 Å². The fraction of sp³-hybridized carbons (Fsp3) is 0.818. The van der Waals surface area contributed by atoms with Crippen molar-refractivity contribution in [2.24, 2.45) is 5.92 Å². The van der Waals surface area contributed by atoms with Crippen LogP contribution >= 0.6 is 11.5 Å². The van der Waals surface area contributed by atoms with E-state index < -0.39 is 0 Å². The summed E-state index contributed by atoms with van der Waals surface area (Å²) in [6.45, 7) is 6.24. The summed E-state index contributed by atoms with van der Waals surface area (Å²) in [6, 6.07) is 0.663. The normalized spacial score (nSPS) is 17.8. The van der Waals surface area contributed by atoms with E-state index in [-0.39, 0.29) is 0 Å². The van der Waals surface area contributed by atoms with E-state index in [0.29, 0.717) is 6.04 Å². The molecular weight excluding hydrogens is 220 g/mol. The largest absolute Gasteiger partial charge is 0.374 e. The molecule has 1 aliphatic rings. The van der Waals surface area contributed by atoms with E-state index in [4.69, 9.17) is 0 Å². The Morgan fingerprint density at radius 3 is 2.94 bits per heavy atom. The van der Waals surface area contributed by atoms with E-state index in [9.17, 15) is 0 Å². The van der Waals surface area contributed by atoms with Gasteiger partial charge in [0.25, 0.3) is 0 Å². The predicted molar refractivity (Wildman–Crippen MR) is 67.7 cm³/mol. The third-order valence-corrected chi connectivity index (χ3v) is 4.02. The molecule has 16 heavy (non-hydrogen) atoms. The summed E-state index contributed by atoms with van der Waals surface area (Å²) in [4.78, 5) is 2.38. The van der Waals surface area contributed by atoms with E-state index in [1.165, 1.54) is 24.4 Å². The highest BCUT2D eigenvalue weighted by molar-refractivity contribution is 7.10. The lowest BCUT2D eigenvalue weighted by Crippen LogP contribution is -2.30. The zero-order valence-electron chi connectivity index (χ0n) is 10.2. The van der Waals surface area contributed by atoms with Crippen LogP contribution in [0, 0.1) is 5.92 Å². The quantitative estimate of drug-likeness (QED) is 0.827. The topological polar surface area (TPSA) is 41.1 Å². The SMILES string of the molecule is CCNc1snnc1CN(C)C(C)C1CC1. The second kappa shape index (κ2) is 5.10. The van der Waals surface area contributed by atoms with Gasteiger partial charge in [-0.3, -0.25) is 4.90 Å². The highest BCUT2D eigenvalue weighted by Crippen LogP contribution is 2.35. The minimum absolute atomic E-state index is 0.663. The Morgan fingerprint density at radius 2 is 2.31 bits per heavy atom. The molecule has 1 fully saturated rings. The van der Waals surface area contributed by atoms with Gasteiger partial charge in [-0.1, -0.05) is 4.49 Å². The third kappa shape index (κ3) is 2.71. The predicted octanol–water partition coefficient (Wildman–Crippen LogP) is 2.20. The summed E-state index contributed by atoms with van der Waals surface area (Å²) in [5.74, 6) is 0.902. The monoisotopic (exact) mass is 240 g/mol. The smallest absolute Gasteiger partial charge is 0.134 e. The highest BCUT2D eigenvalue weighted by atomic mass is 32.1. The van der Waals surface area contributed by atoms with E-state index in [0.717, 1.165) is 29.7 Å². The Morgan fingerprint density at radius 1 is 1.56 bits per heavy atom. The number of rotatable bonds is 6. The zero-order valence-corrected chi connectivity index (χ0v) is 11.0. The summed E-state index contributed by atoms with van der Waals surface area (Å²) in [5, 5.41) is 8.64. The van der Waals surface area contributed by atoms with Crippen LogP contribution < -0.4 is 5.32 Å². The van der Waals surface area contributed by atoms with E-state index in [1.54, 1.807) is 0 Å². The molecule has 1 unspecified atom stereocenters. The minimum Gasteiger partial charge on any atom is -0.374 e. The molecule has 90 valence electrons. The molecule has 1 heterocycles. The maximum atomic E-state index is 4.20. The maximum absolute atomic E-state index is 4.20. The van der Waals surface area contributed by atoms with Crippen molar-refractivity contribution in [2.45, 2.75) is 39.3 Å². The molecule has 0 aliphatic heterocycles. The van der Waals surface area contributed by atoms with Crippen LogP contribution in [0.4, 0.5) is 5.00 Å². The number of hydrogen-bond donors (Lipinski definition) is 1. The van der Waals surface area contributed by atoms with Crippen molar-refractivity contribution in [3.05, 3.63) is 5.69 Å². The second-order valence-electron chi connectivity index (χ2n) is 4.57. The van der Waals surface area contributed by atoms with Crippen LogP contribution in [0.1, 0.15) is 32.4 Å². The minimum atomic E-state index is 0.663. The first-order chi connectivity index (χ1) is 7.72. The lowest BCUT2D eigenvalue weighted by Gasteiger charge is -2.23. The van der Waals surface area contributed by atoms with Crippen LogP contribution in [-0.4, -0.2) is 34.1 Å². The fourth-order valence-corrected chi connectivity index (χ4v) is 2.57. The first kappa shape index (κ1) is 11.8. The lowest BCUT2D eigenvalue weighted by molar-refractivity contribution is 0.224.